The second-order valence-corrected chi connectivity index (χ2v) is 3.82. The van der Waals surface area contributed by atoms with Gasteiger partial charge in [-0.15, -0.1) is 5.10 Å². The van der Waals surface area contributed by atoms with Crippen molar-refractivity contribution in [2.75, 3.05) is 5.32 Å². The Bertz CT molecular complexity index is 598. The number of rotatable bonds is 3. The van der Waals surface area contributed by atoms with Gasteiger partial charge in [0.2, 0.25) is 5.95 Å². The fourth-order valence-electron chi connectivity index (χ4n) is 1.37. The number of nitrogens with zero attached hydrogens (tertiary/aromatic N) is 3. The lowest BCUT2D eigenvalue weighted by molar-refractivity contribution is 0.0697. The van der Waals surface area contributed by atoms with Crippen molar-refractivity contribution in [1.82, 2.24) is 15.2 Å². The number of carboxylic acid groups (broad SMARTS) is 1. The lowest BCUT2D eigenvalue weighted by Gasteiger charge is -2.06. The van der Waals surface area contributed by atoms with Crippen LogP contribution in [0.25, 0.3) is 0 Å². The molecule has 0 aliphatic carbocycles. The molecule has 0 atom stereocenters. The largest absolute Gasteiger partial charge is 0.478 e. The molecule has 1 aromatic carbocycles. The summed E-state index contributed by atoms with van der Waals surface area (Å²) in [7, 11) is 0. The van der Waals surface area contributed by atoms with E-state index >= 15 is 0 Å². The minimum absolute atomic E-state index is 0.205. The van der Waals surface area contributed by atoms with E-state index in [1.165, 1.54) is 12.1 Å². The number of carboxylic acids is 1. The van der Waals surface area contributed by atoms with E-state index in [1.54, 1.807) is 12.1 Å². The molecule has 2 rings (SSSR count). The van der Waals surface area contributed by atoms with Gasteiger partial charge in [0.05, 0.1) is 17.0 Å². The van der Waals surface area contributed by atoms with Gasteiger partial charge in [-0.3, -0.25) is 0 Å². The van der Waals surface area contributed by atoms with E-state index in [0.717, 1.165) is 11.4 Å². The fraction of sp³-hybridized carbons (Fsp3) is 0.167. The van der Waals surface area contributed by atoms with Crippen LogP contribution in [0.5, 0.6) is 0 Å². The van der Waals surface area contributed by atoms with Gasteiger partial charge in [0.1, 0.15) is 0 Å². The number of aryl methyl sites for hydroxylation is 2. The molecule has 0 spiro atoms. The van der Waals surface area contributed by atoms with Crippen molar-refractivity contribution in [2.24, 2.45) is 0 Å². The number of hydrogen-bond donors (Lipinski definition) is 2. The van der Waals surface area contributed by atoms with Crippen molar-refractivity contribution in [1.29, 1.82) is 0 Å². The Morgan fingerprint density at radius 3 is 2.67 bits per heavy atom. The molecular formula is C12H12N4O2. The van der Waals surface area contributed by atoms with Crippen LogP contribution in [0.3, 0.4) is 0 Å². The number of aromatic carboxylic acids is 1. The van der Waals surface area contributed by atoms with Crippen LogP contribution in [0, 0.1) is 13.8 Å². The lowest BCUT2D eigenvalue weighted by atomic mass is 10.2. The smallest absolute Gasteiger partial charge is 0.335 e. The number of anilines is 2. The van der Waals surface area contributed by atoms with Gasteiger partial charge >= 0.3 is 5.97 Å². The van der Waals surface area contributed by atoms with Gasteiger partial charge in [-0.25, -0.2) is 9.78 Å². The highest BCUT2D eigenvalue weighted by Crippen LogP contribution is 2.14. The Morgan fingerprint density at radius 2 is 2.00 bits per heavy atom. The second-order valence-electron chi connectivity index (χ2n) is 3.82. The SMILES string of the molecule is Cc1nnc(Nc2cccc(C(=O)O)c2)nc1C. The normalized spacial score (nSPS) is 10.1. The number of aromatic nitrogens is 3. The van der Waals surface area contributed by atoms with Crippen LogP contribution in [0.4, 0.5) is 11.6 Å². The summed E-state index contributed by atoms with van der Waals surface area (Å²) in [5, 5.41) is 19.6. The third kappa shape index (κ3) is 2.60. The van der Waals surface area contributed by atoms with Crippen molar-refractivity contribution in [3.05, 3.63) is 41.2 Å². The summed E-state index contributed by atoms with van der Waals surface area (Å²) in [5.74, 6) is -0.626. The number of benzene rings is 1. The molecule has 0 fully saturated rings. The van der Waals surface area contributed by atoms with Gasteiger partial charge < -0.3 is 10.4 Å². The molecule has 0 aliphatic heterocycles. The van der Waals surface area contributed by atoms with Crippen molar-refractivity contribution < 1.29 is 9.90 Å². The Labute approximate surface area is 104 Å². The number of carbonyl (C=O) groups is 1. The Kier molecular flexibility index (Phi) is 3.18. The Morgan fingerprint density at radius 1 is 1.22 bits per heavy atom. The van der Waals surface area contributed by atoms with Crippen LogP contribution < -0.4 is 5.32 Å². The first-order chi connectivity index (χ1) is 8.56. The van der Waals surface area contributed by atoms with E-state index in [9.17, 15) is 4.79 Å². The molecule has 2 N–H and O–H groups in total. The first-order valence-corrected chi connectivity index (χ1v) is 5.34. The zero-order chi connectivity index (χ0) is 13.1. The maximum atomic E-state index is 10.8. The molecule has 0 saturated heterocycles. The third-order valence-corrected chi connectivity index (χ3v) is 2.46. The van der Waals surface area contributed by atoms with E-state index in [-0.39, 0.29) is 5.56 Å². The van der Waals surface area contributed by atoms with Crippen molar-refractivity contribution in [3.8, 4) is 0 Å². The lowest BCUT2D eigenvalue weighted by Crippen LogP contribution is -2.03. The average molecular weight is 244 g/mol. The summed E-state index contributed by atoms with van der Waals surface area (Å²) >= 11 is 0. The predicted molar refractivity (Wildman–Crippen MR) is 66.0 cm³/mol. The minimum Gasteiger partial charge on any atom is -0.478 e. The highest BCUT2D eigenvalue weighted by atomic mass is 16.4. The molecule has 1 heterocycles. The molecule has 0 unspecified atom stereocenters. The molecule has 92 valence electrons. The van der Waals surface area contributed by atoms with Gasteiger partial charge in [-0.1, -0.05) is 6.07 Å². The maximum absolute atomic E-state index is 10.8. The molecule has 6 nitrogen and oxygen atoms in total. The van der Waals surface area contributed by atoms with Gasteiger partial charge in [0.25, 0.3) is 0 Å². The van der Waals surface area contributed by atoms with E-state index < -0.39 is 5.97 Å². The number of nitrogens with one attached hydrogen (secondary N) is 1. The maximum Gasteiger partial charge on any atom is 0.335 e. The molecule has 6 heteroatoms. The summed E-state index contributed by atoms with van der Waals surface area (Å²) in [6.45, 7) is 3.66. The van der Waals surface area contributed by atoms with E-state index in [4.69, 9.17) is 5.11 Å². The highest BCUT2D eigenvalue weighted by molar-refractivity contribution is 5.88. The minimum atomic E-state index is -0.974. The Balaban J connectivity index is 2.25. The third-order valence-electron chi connectivity index (χ3n) is 2.46. The molecule has 0 radical (unpaired) electrons. The van der Waals surface area contributed by atoms with Gasteiger partial charge in [0, 0.05) is 5.69 Å². The van der Waals surface area contributed by atoms with E-state index in [1.807, 2.05) is 13.8 Å². The first-order valence-electron chi connectivity index (χ1n) is 5.34. The molecule has 2 aromatic rings. The quantitative estimate of drug-likeness (QED) is 0.857. The molecule has 1 aromatic heterocycles. The topological polar surface area (TPSA) is 88.0 Å². The van der Waals surface area contributed by atoms with Crippen LogP contribution in [0.1, 0.15) is 21.7 Å². The summed E-state index contributed by atoms with van der Waals surface area (Å²) in [6.07, 6.45) is 0. The average Bonchev–Trinajstić information content (AvgIpc) is 2.34. The molecule has 0 amide bonds. The highest BCUT2D eigenvalue weighted by Gasteiger charge is 2.05. The molecule has 18 heavy (non-hydrogen) atoms. The summed E-state index contributed by atoms with van der Waals surface area (Å²) in [6, 6.07) is 6.43. The molecular weight excluding hydrogens is 232 g/mol. The molecule has 0 bridgehead atoms. The van der Waals surface area contributed by atoms with Crippen molar-refractivity contribution in [2.45, 2.75) is 13.8 Å². The predicted octanol–water partition coefficient (Wildman–Crippen LogP) is 1.93. The Hall–Kier alpha value is -2.50. The zero-order valence-corrected chi connectivity index (χ0v) is 10.0. The standard InChI is InChI=1S/C12H12N4O2/c1-7-8(2)15-16-12(13-7)14-10-5-3-4-9(6-10)11(17)18/h3-6H,1-2H3,(H,17,18)(H,13,14,16). The van der Waals surface area contributed by atoms with E-state index in [0.29, 0.717) is 11.6 Å². The van der Waals surface area contributed by atoms with Crippen LogP contribution >= 0.6 is 0 Å². The van der Waals surface area contributed by atoms with Gasteiger partial charge in [-0.2, -0.15) is 5.10 Å². The van der Waals surface area contributed by atoms with Crippen LogP contribution in [0.15, 0.2) is 24.3 Å². The monoisotopic (exact) mass is 244 g/mol. The van der Waals surface area contributed by atoms with Crippen molar-refractivity contribution in [3.63, 3.8) is 0 Å². The fourth-order valence-corrected chi connectivity index (χ4v) is 1.37. The second kappa shape index (κ2) is 4.79. The summed E-state index contributed by atoms with van der Waals surface area (Å²) < 4.78 is 0. The molecule has 0 saturated carbocycles. The first kappa shape index (κ1) is 12.0. The summed E-state index contributed by atoms with van der Waals surface area (Å²) in [4.78, 5) is 15.0. The summed E-state index contributed by atoms with van der Waals surface area (Å²) in [5.41, 5.74) is 2.36. The van der Waals surface area contributed by atoms with Crippen LogP contribution in [-0.2, 0) is 0 Å². The zero-order valence-electron chi connectivity index (χ0n) is 10.0. The van der Waals surface area contributed by atoms with Gasteiger partial charge in [-0.05, 0) is 32.0 Å². The van der Waals surface area contributed by atoms with Gasteiger partial charge in [0.15, 0.2) is 0 Å². The van der Waals surface area contributed by atoms with Crippen LogP contribution in [-0.4, -0.2) is 26.3 Å². The number of hydrogen-bond acceptors (Lipinski definition) is 5. The van der Waals surface area contributed by atoms with Crippen LogP contribution in [0.2, 0.25) is 0 Å². The van der Waals surface area contributed by atoms with E-state index in [2.05, 4.69) is 20.5 Å². The van der Waals surface area contributed by atoms with Crippen molar-refractivity contribution >= 4 is 17.6 Å². The molecule has 0 aliphatic rings.